The molecule has 1 unspecified atom stereocenters. The number of nitrogens with zero attached hydrogens (tertiary/aromatic N) is 2. The van der Waals surface area contributed by atoms with Crippen LogP contribution in [0.3, 0.4) is 0 Å². The van der Waals surface area contributed by atoms with Gasteiger partial charge in [0.1, 0.15) is 18.2 Å². The van der Waals surface area contributed by atoms with Crippen molar-refractivity contribution in [3.63, 3.8) is 0 Å². The van der Waals surface area contributed by atoms with E-state index in [0.29, 0.717) is 5.82 Å². The van der Waals surface area contributed by atoms with E-state index in [1.54, 1.807) is 0 Å². The summed E-state index contributed by atoms with van der Waals surface area (Å²) in [7, 11) is 0. The summed E-state index contributed by atoms with van der Waals surface area (Å²) in [5.41, 5.74) is 5.06. The molecule has 0 amide bonds. The number of carboxylic acid groups (broad SMARTS) is 1. The molecular weight excluding hydrogens is 172 g/mol. The molecule has 1 saturated carbocycles. The number of aliphatic carboxylic acids is 1. The van der Waals surface area contributed by atoms with E-state index in [1.165, 1.54) is 6.33 Å². The van der Waals surface area contributed by atoms with Crippen LogP contribution in [0.4, 0.5) is 0 Å². The quantitative estimate of drug-likeness (QED) is 0.570. The maximum Gasteiger partial charge on any atom is 0.321 e. The predicted molar refractivity (Wildman–Crippen MR) is 42.9 cm³/mol. The highest BCUT2D eigenvalue weighted by molar-refractivity contribution is 5.76. The Morgan fingerprint density at radius 2 is 2.46 bits per heavy atom. The number of carboxylic acids is 1. The predicted octanol–water partition coefficient (Wildman–Crippen LogP) is -0.752. The van der Waals surface area contributed by atoms with Gasteiger partial charge in [0, 0.05) is 0 Å². The summed E-state index contributed by atoms with van der Waals surface area (Å²) < 4.78 is 0. The van der Waals surface area contributed by atoms with E-state index < -0.39 is 17.4 Å². The second kappa shape index (κ2) is 2.53. The van der Waals surface area contributed by atoms with Crippen molar-refractivity contribution in [2.24, 2.45) is 5.73 Å². The Hall–Kier alpha value is -1.43. The number of aromatic amines is 1. The minimum Gasteiger partial charge on any atom is -0.480 e. The standard InChI is InChI=1S/C7H10N4O2/c8-4(5(12)13)7(1-2-7)6-9-3-10-11-6/h3-4H,1-2,8H2,(H,12,13)(H,9,10,11). The Morgan fingerprint density at radius 1 is 1.77 bits per heavy atom. The average Bonchev–Trinajstić information content (AvgIpc) is 2.72. The molecule has 4 N–H and O–H groups in total. The van der Waals surface area contributed by atoms with Gasteiger partial charge < -0.3 is 10.8 Å². The van der Waals surface area contributed by atoms with Gasteiger partial charge in [-0.05, 0) is 12.8 Å². The number of nitrogens with two attached hydrogens (primary N) is 1. The minimum absolute atomic E-state index is 0.498. The van der Waals surface area contributed by atoms with Crippen LogP contribution < -0.4 is 5.73 Å². The van der Waals surface area contributed by atoms with Gasteiger partial charge in [0.2, 0.25) is 0 Å². The van der Waals surface area contributed by atoms with Crippen molar-refractivity contribution in [1.82, 2.24) is 15.2 Å². The molecule has 6 nitrogen and oxygen atoms in total. The number of hydrogen-bond donors (Lipinski definition) is 3. The van der Waals surface area contributed by atoms with E-state index in [4.69, 9.17) is 10.8 Å². The van der Waals surface area contributed by atoms with Crippen LogP contribution in [0, 0.1) is 0 Å². The zero-order valence-electron chi connectivity index (χ0n) is 6.90. The molecule has 1 aliphatic rings. The molecule has 1 atom stereocenters. The highest BCUT2D eigenvalue weighted by atomic mass is 16.4. The highest BCUT2D eigenvalue weighted by Gasteiger charge is 2.54. The third-order valence-corrected chi connectivity index (χ3v) is 2.54. The van der Waals surface area contributed by atoms with Gasteiger partial charge in [0.05, 0.1) is 5.41 Å². The lowest BCUT2D eigenvalue weighted by Crippen LogP contribution is -2.42. The molecule has 1 aromatic rings. The summed E-state index contributed by atoms with van der Waals surface area (Å²) in [6, 6.07) is -0.888. The van der Waals surface area contributed by atoms with Gasteiger partial charge in [-0.15, -0.1) is 0 Å². The molecule has 1 aromatic heterocycles. The summed E-state index contributed by atoms with van der Waals surface area (Å²) in [4.78, 5) is 14.6. The number of H-pyrrole nitrogens is 1. The van der Waals surface area contributed by atoms with E-state index in [-0.39, 0.29) is 0 Å². The lowest BCUT2D eigenvalue weighted by atomic mass is 9.96. The van der Waals surface area contributed by atoms with Crippen molar-refractivity contribution in [3.05, 3.63) is 12.2 Å². The van der Waals surface area contributed by atoms with Crippen LogP contribution in [0.2, 0.25) is 0 Å². The van der Waals surface area contributed by atoms with E-state index in [0.717, 1.165) is 12.8 Å². The van der Waals surface area contributed by atoms with Gasteiger partial charge in [-0.25, -0.2) is 4.98 Å². The molecule has 1 fully saturated rings. The lowest BCUT2D eigenvalue weighted by Gasteiger charge is -2.15. The maximum atomic E-state index is 10.7. The first-order chi connectivity index (χ1) is 6.17. The molecule has 0 aliphatic heterocycles. The third-order valence-electron chi connectivity index (χ3n) is 2.54. The molecule has 0 aromatic carbocycles. The van der Waals surface area contributed by atoms with Crippen molar-refractivity contribution >= 4 is 5.97 Å². The summed E-state index contributed by atoms with van der Waals surface area (Å²) in [5.74, 6) is -0.406. The highest BCUT2D eigenvalue weighted by Crippen LogP contribution is 2.48. The number of nitrogens with one attached hydrogen (secondary N) is 1. The second-order valence-corrected chi connectivity index (χ2v) is 3.31. The van der Waals surface area contributed by atoms with Crippen molar-refractivity contribution in [1.29, 1.82) is 0 Å². The Balaban J connectivity index is 2.27. The topological polar surface area (TPSA) is 105 Å². The largest absolute Gasteiger partial charge is 0.480 e. The molecule has 0 bridgehead atoms. The number of hydrogen-bond acceptors (Lipinski definition) is 4. The minimum atomic E-state index is -0.992. The monoisotopic (exact) mass is 182 g/mol. The zero-order chi connectivity index (χ0) is 9.47. The van der Waals surface area contributed by atoms with E-state index >= 15 is 0 Å². The Morgan fingerprint density at radius 3 is 2.85 bits per heavy atom. The molecule has 13 heavy (non-hydrogen) atoms. The first kappa shape index (κ1) is 8.18. The molecule has 0 spiro atoms. The van der Waals surface area contributed by atoms with E-state index in [1.807, 2.05) is 0 Å². The summed E-state index contributed by atoms with van der Waals surface area (Å²) >= 11 is 0. The van der Waals surface area contributed by atoms with Crippen molar-refractivity contribution in [3.8, 4) is 0 Å². The van der Waals surface area contributed by atoms with Crippen LogP contribution in [0.1, 0.15) is 18.7 Å². The lowest BCUT2D eigenvalue weighted by molar-refractivity contribution is -0.139. The zero-order valence-corrected chi connectivity index (χ0v) is 6.90. The van der Waals surface area contributed by atoms with Crippen LogP contribution in [0.25, 0.3) is 0 Å². The SMILES string of the molecule is NC(C(=O)O)C1(c2ncn[nH]2)CC1. The van der Waals surface area contributed by atoms with Gasteiger partial charge in [0.25, 0.3) is 0 Å². The van der Waals surface area contributed by atoms with Gasteiger partial charge in [-0.2, -0.15) is 5.10 Å². The summed E-state index contributed by atoms with van der Waals surface area (Å²) in [6.45, 7) is 0. The average molecular weight is 182 g/mol. The number of rotatable bonds is 3. The van der Waals surface area contributed by atoms with Crippen molar-refractivity contribution < 1.29 is 9.90 Å². The number of carbonyl (C=O) groups is 1. The van der Waals surface area contributed by atoms with Gasteiger partial charge >= 0.3 is 5.97 Å². The molecule has 2 rings (SSSR count). The van der Waals surface area contributed by atoms with Crippen LogP contribution in [0.15, 0.2) is 6.33 Å². The Labute approximate surface area is 74.2 Å². The Kier molecular flexibility index (Phi) is 1.59. The molecule has 70 valence electrons. The maximum absolute atomic E-state index is 10.7. The van der Waals surface area contributed by atoms with E-state index in [9.17, 15) is 4.79 Å². The second-order valence-electron chi connectivity index (χ2n) is 3.31. The van der Waals surface area contributed by atoms with Crippen LogP contribution in [-0.4, -0.2) is 32.3 Å². The van der Waals surface area contributed by atoms with Crippen LogP contribution in [0.5, 0.6) is 0 Å². The first-order valence-electron chi connectivity index (χ1n) is 4.01. The third kappa shape index (κ3) is 1.10. The normalized spacial score (nSPS) is 21.0. The summed E-state index contributed by atoms with van der Waals surface area (Å²) in [6.07, 6.45) is 2.88. The van der Waals surface area contributed by atoms with Crippen molar-refractivity contribution in [2.75, 3.05) is 0 Å². The van der Waals surface area contributed by atoms with Crippen molar-refractivity contribution in [2.45, 2.75) is 24.3 Å². The van der Waals surface area contributed by atoms with Crippen LogP contribution in [-0.2, 0) is 10.2 Å². The van der Waals surface area contributed by atoms with Crippen LogP contribution >= 0.6 is 0 Å². The Bertz CT molecular complexity index is 317. The first-order valence-corrected chi connectivity index (χ1v) is 4.01. The van der Waals surface area contributed by atoms with Gasteiger partial charge in [0.15, 0.2) is 0 Å². The molecular formula is C7H10N4O2. The number of aromatic nitrogens is 3. The fraction of sp³-hybridized carbons (Fsp3) is 0.571. The fourth-order valence-electron chi connectivity index (χ4n) is 1.51. The molecule has 6 heteroatoms. The van der Waals surface area contributed by atoms with E-state index in [2.05, 4.69) is 15.2 Å². The van der Waals surface area contributed by atoms with Gasteiger partial charge in [-0.3, -0.25) is 9.89 Å². The van der Waals surface area contributed by atoms with Gasteiger partial charge in [-0.1, -0.05) is 0 Å². The molecule has 1 heterocycles. The molecule has 1 aliphatic carbocycles. The molecule has 0 radical (unpaired) electrons. The summed E-state index contributed by atoms with van der Waals surface area (Å²) in [5, 5.41) is 15.1. The smallest absolute Gasteiger partial charge is 0.321 e. The molecule has 0 saturated heterocycles. The fourth-order valence-corrected chi connectivity index (χ4v) is 1.51.